The van der Waals surface area contributed by atoms with Crippen LogP contribution in [-0.2, 0) is 0 Å². The molecule has 0 unspecified atom stereocenters. The van der Waals surface area contributed by atoms with Gasteiger partial charge in [0.2, 0.25) is 0 Å². The van der Waals surface area contributed by atoms with E-state index in [9.17, 15) is 19.7 Å². The maximum absolute atomic E-state index is 12.6. The van der Waals surface area contributed by atoms with Crippen LogP contribution in [0.25, 0.3) is 0 Å². The molecule has 0 spiro atoms. The first-order valence-electron chi connectivity index (χ1n) is 9.20. The van der Waals surface area contributed by atoms with Crippen LogP contribution in [0.15, 0.2) is 65.8 Å². The van der Waals surface area contributed by atoms with E-state index >= 15 is 0 Å². The molecular formula is C22H16Cl2N4O4. The number of hydrogen-bond acceptors (Lipinski definition) is 5. The van der Waals surface area contributed by atoms with Crippen molar-refractivity contribution >= 4 is 52.6 Å². The minimum absolute atomic E-state index is 0.0907. The van der Waals surface area contributed by atoms with Crippen molar-refractivity contribution in [3.8, 4) is 0 Å². The maximum atomic E-state index is 12.6. The third kappa shape index (κ3) is 5.48. The predicted octanol–water partition coefficient (Wildman–Crippen LogP) is 5.23. The third-order valence-corrected chi connectivity index (χ3v) is 4.98. The number of hydrogen-bond donors (Lipinski definition) is 2. The monoisotopic (exact) mass is 470 g/mol. The van der Waals surface area contributed by atoms with E-state index in [1.807, 2.05) is 0 Å². The number of aryl methyl sites for hydroxylation is 1. The van der Waals surface area contributed by atoms with Gasteiger partial charge >= 0.3 is 0 Å². The quantitative estimate of drug-likeness (QED) is 0.291. The Hall–Kier alpha value is -3.75. The lowest BCUT2D eigenvalue weighted by Gasteiger charge is -2.10. The van der Waals surface area contributed by atoms with Gasteiger partial charge < -0.3 is 5.32 Å². The highest BCUT2D eigenvalue weighted by molar-refractivity contribution is 6.36. The number of nitrogens with zero attached hydrogens (tertiary/aromatic N) is 2. The summed E-state index contributed by atoms with van der Waals surface area (Å²) in [6.07, 6.45) is 1.36. The molecule has 3 rings (SSSR count). The highest BCUT2D eigenvalue weighted by Crippen LogP contribution is 2.22. The maximum Gasteiger partial charge on any atom is 0.273 e. The van der Waals surface area contributed by atoms with Gasteiger partial charge in [0.25, 0.3) is 17.5 Å². The van der Waals surface area contributed by atoms with Gasteiger partial charge in [0.05, 0.1) is 27.4 Å². The molecule has 3 aromatic rings. The molecule has 0 saturated carbocycles. The number of anilines is 1. The molecule has 8 nitrogen and oxygen atoms in total. The zero-order valence-corrected chi connectivity index (χ0v) is 18.1. The van der Waals surface area contributed by atoms with E-state index in [1.165, 1.54) is 36.5 Å². The Kier molecular flexibility index (Phi) is 7.19. The molecule has 0 aliphatic heterocycles. The molecule has 0 aliphatic carbocycles. The first kappa shape index (κ1) is 22.9. The lowest BCUT2D eigenvalue weighted by molar-refractivity contribution is -0.385. The van der Waals surface area contributed by atoms with E-state index in [0.29, 0.717) is 21.2 Å². The Bertz CT molecular complexity index is 1240. The molecule has 0 heterocycles. The molecule has 2 amide bonds. The second-order valence-electron chi connectivity index (χ2n) is 6.62. The fourth-order valence-electron chi connectivity index (χ4n) is 2.76. The number of benzene rings is 3. The fourth-order valence-corrected chi connectivity index (χ4v) is 3.22. The number of nitrogens with one attached hydrogen (secondary N) is 2. The second kappa shape index (κ2) is 10.0. The summed E-state index contributed by atoms with van der Waals surface area (Å²) in [7, 11) is 0. The molecule has 0 atom stereocenters. The number of halogens is 2. The van der Waals surface area contributed by atoms with Crippen molar-refractivity contribution in [1.82, 2.24) is 5.43 Å². The molecule has 2 N–H and O–H groups in total. The standard InChI is InChI=1S/C22H16Cl2N4O4/c1-13-6-7-14(10-20(13)28(31)32)21(29)26-19-5-3-2-4-17(19)22(30)27-25-12-15-8-9-16(23)11-18(15)24/h2-12H,1H3,(H,26,29)(H,27,30)/b25-12-. The molecule has 0 radical (unpaired) electrons. The zero-order chi connectivity index (χ0) is 23.3. The molecule has 0 aliphatic rings. The van der Waals surface area contributed by atoms with Crippen molar-refractivity contribution in [3.05, 3.63) is 103 Å². The van der Waals surface area contributed by atoms with E-state index in [1.54, 1.807) is 37.3 Å². The van der Waals surface area contributed by atoms with Crippen LogP contribution in [0.1, 0.15) is 31.8 Å². The minimum Gasteiger partial charge on any atom is -0.321 e. The SMILES string of the molecule is Cc1ccc(C(=O)Nc2ccccc2C(=O)N/N=C\c2ccc(Cl)cc2Cl)cc1[N+](=O)[O-]. The first-order valence-corrected chi connectivity index (χ1v) is 9.95. The van der Waals surface area contributed by atoms with E-state index < -0.39 is 16.7 Å². The van der Waals surface area contributed by atoms with Gasteiger partial charge in [0.1, 0.15) is 0 Å². The van der Waals surface area contributed by atoms with Crippen molar-refractivity contribution in [2.45, 2.75) is 6.92 Å². The lowest BCUT2D eigenvalue weighted by atomic mass is 10.1. The Morgan fingerprint density at radius 2 is 1.78 bits per heavy atom. The van der Waals surface area contributed by atoms with Crippen LogP contribution in [-0.4, -0.2) is 23.0 Å². The Morgan fingerprint density at radius 3 is 2.50 bits per heavy atom. The van der Waals surface area contributed by atoms with Crippen molar-refractivity contribution in [2.24, 2.45) is 5.10 Å². The van der Waals surface area contributed by atoms with Crippen LogP contribution >= 0.6 is 23.2 Å². The normalized spacial score (nSPS) is 10.7. The van der Waals surface area contributed by atoms with Crippen molar-refractivity contribution < 1.29 is 14.5 Å². The van der Waals surface area contributed by atoms with Crippen molar-refractivity contribution in [1.29, 1.82) is 0 Å². The topological polar surface area (TPSA) is 114 Å². The highest BCUT2D eigenvalue weighted by atomic mass is 35.5. The Labute approximate surface area is 193 Å². The van der Waals surface area contributed by atoms with Gasteiger partial charge in [-0.2, -0.15) is 5.10 Å². The number of nitro groups is 1. The van der Waals surface area contributed by atoms with E-state index in [4.69, 9.17) is 23.2 Å². The number of nitro benzene ring substituents is 1. The minimum atomic E-state index is -0.593. The Morgan fingerprint density at radius 1 is 1.03 bits per heavy atom. The summed E-state index contributed by atoms with van der Waals surface area (Å²) < 4.78 is 0. The Balaban J connectivity index is 1.76. The van der Waals surface area contributed by atoms with Gasteiger partial charge in [0, 0.05) is 27.8 Å². The third-order valence-electron chi connectivity index (χ3n) is 4.42. The van der Waals surface area contributed by atoms with E-state index in [0.717, 1.165) is 0 Å². The van der Waals surface area contributed by atoms with Crippen LogP contribution in [0, 0.1) is 17.0 Å². The number of hydrazone groups is 1. The van der Waals surface area contributed by atoms with Crippen LogP contribution in [0.2, 0.25) is 10.0 Å². The van der Waals surface area contributed by atoms with E-state index in [-0.39, 0.29) is 22.5 Å². The van der Waals surface area contributed by atoms with Gasteiger partial charge in [0.15, 0.2) is 0 Å². The van der Waals surface area contributed by atoms with Crippen molar-refractivity contribution in [3.63, 3.8) is 0 Å². The number of rotatable bonds is 6. The molecule has 0 fully saturated rings. The second-order valence-corrected chi connectivity index (χ2v) is 7.47. The number of para-hydroxylation sites is 1. The molecule has 162 valence electrons. The van der Waals surface area contributed by atoms with Gasteiger partial charge in [-0.1, -0.05) is 47.5 Å². The number of amides is 2. The average molecular weight is 471 g/mol. The molecule has 0 saturated heterocycles. The fraction of sp³-hybridized carbons (Fsp3) is 0.0455. The highest BCUT2D eigenvalue weighted by Gasteiger charge is 2.17. The van der Waals surface area contributed by atoms with Gasteiger partial charge in [-0.05, 0) is 37.3 Å². The van der Waals surface area contributed by atoms with E-state index in [2.05, 4.69) is 15.8 Å². The van der Waals surface area contributed by atoms with Gasteiger partial charge in [-0.25, -0.2) is 5.43 Å². The summed E-state index contributed by atoms with van der Waals surface area (Å²) in [6.45, 7) is 1.58. The average Bonchev–Trinajstić information content (AvgIpc) is 2.75. The molecule has 10 heteroatoms. The van der Waals surface area contributed by atoms with Gasteiger partial charge in [-0.15, -0.1) is 0 Å². The number of carbonyl (C=O) groups excluding carboxylic acids is 2. The zero-order valence-electron chi connectivity index (χ0n) is 16.6. The van der Waals surface area contributed by atoms with Crippen LogP contribution < -0.4 is 10.7 Å². The molecule has 3 aromatic carbocycles. The molecular weight excluding hydrogens is 455 g/mol. The number of carbonyl (C=O) groups is 2. The predicted molar refractivity (Wildman–Crippen MR) is 124 cm³/mol. The molecule has 32 heavy (non-hydrogen) atoms. The lowest BCUT2D eigenvalue weighted by Crippen LogP contribution is -2.21. The van der Waals surface area contributed by atoms with Crippen molar-refractivity contribution in [2.75, 3.05) is 5.32 Å². The summed E-state index contributed by atoms with van der Waals surface area (Å²) in [4.78, 5) is 35.8. The summed E-state index contributed by atoms with van der Waals surface area (Å²) in [5.41, 5.74) is 3.66. The van der Waals surface area contributed by atoms with Gasteiger partial charge in [-0.3, -0.25) is 19.7 Å². The first-order chi connectivity index (χ1) is 15.3. The molecule has 0 bridgehead atoms. The summed E-state index contributed by atoms with van der Waals surface area (Å²) >= 11 is 11.9. The summed E-state index contributed by atoms with van der Waals surface area (Å²) in [5, 5.41) is 18.5. The smallest absolute Gasteiger partial charge is 0.273 e. The summed E-state index contributed by atoms with van der Waals surface area (Å²) in [5.74, 6) is -1.16. The summed E-state index contributed by atoms with van der Waals surface area (Å²) in [6, 6.07) is 15.3. The largest absolute Gasteiger partial charge is 0.321 e. The van der Waals surface area contributed by atoms with Crippen LogP contribution in [0.5, 0.6) is 0 Å². The molecule has 0 aromatic heterocycles. The van der Waals surface area contributed by atoms with Crippen LogP contribution in [0.4, 0.5) is 11.4 Å². The van der Waals surface area contributed by atoms with Crippen LogP contribution in [0.3, 0.4) is 0 Å².